The predicted octanol–water partition coefficient (Wildman–Crippen LogP) is 27.3. The first-order chi connectivity index (χ1) is 45.5. The first-order valence-corrected chi connectivity index (χ1v) is 44.0. The van der Waals surface area contributed by atoms with Crippen molar-refractivity contribution in [3.8, 4) is 0 Å². The number of phosphoric acid groups is 1. The molecule has 93 heavy (non-hydrogen) atoms. The van der Waals surface area contributed by atoms with Crippen LogP contribution in [0.15, 0.2) is 12.2 Å². The molecule has 0 radical (unpaired) electrons. The zero-order valence-corrected chi connectivity index (χ0v) is 64.9. The number of hydrogen-bond donors (Lipinski definition) is 2. The highest BCUT2D eigenvalue weighted by Crippen LogP contribution is 2.38. The van der Waals surface area contributed by atoms with E-state index in [0.29, 0.717) is 23.9 Å². The smallest absolute Gasteiger partial charge is 0.268 e. The van der Waals surface area contributed by atoms with Crippen LogP contribution in [0.25, 0.3) is 0 Å². The summed E-state index contributed by atoms with van der Waals surface area (Å²) in [5.74, 6) is -0.152. The maximum atomic E-state index is 13.1. The van der Waals surface area contributed by atoms with E-state index in [2.05, 4.69) is 31.3 Å². The summed E-state index contributed by atoms with van der Waals surface area (Å²) in [6.07, 6.45) is 99.4. The van der Waals surface area contributed by atoms with E-state index in [1.54, 1.807) is 0 Å². The molecule has 3 unspecified atom stereocenters. The van der Waals surface area contributed by atoms with Crippen molar-refractivity contribution < 1.29 is 32.9 Å². The lowest BCUT2D eigenvalue weighted by Crippen LogP contribution is -2.46. The van der Waals surface area contributed by atoms with E-state index in [9.17, 15) is 19.4 Å². The molecule has 0 rings (SSSR count). The molecule has 0 aromatic heterocycles. The molecule has 0 fully saturated rings. The van der Waals surface area contributed by atoms with E-state index in [1.807, 2.05) is 21.1 Å². The van der Waals surface area contributed by atoms with E-state index in [-0.39, 0.29) is 19.1 Å². The van der Waals surface area contributed by atoms with Crippen LogP contribution in [0.2, 0.25) is 0 Å². The van der Waals surface area contributed by atoms with Gasteiger partial charge in [-0.15, -0.1) is 0 Å². The average molecular weight is 1330 g/mol. The fourth-order valence-electron chi connectivity index (χ4n) is 13.7. The zero-order chi connectivity index (χ0) is 67.6. The first kappa shape index (κ1) is 92.2. The van der Waals surface area contributed by atoms with Crippen molar-refractivity contribution in [3.05, 3.63) is 12.2 Å². The third-order valence-corrected chi connectivity index (χ3v) is 21.2. The summed E-state index contributed by atoms with van der Waals surface area (Å²) >= 11 is 0. The van der Waals surface area contributed by atoms with Crippen LogP contribution in [-0.2, 0) is 18.4 Å². The summed E-state index contributed by atoms with van der Waals surface area (Å²) in [6.45, 7) is 4.81. The largest absolute Gasteiger partial charge is 0.756 e. The zero-order valence-electron chi connectivity index (χ0n) is 64.0. The second-order valence-corrected chi connectivity index (χ2v) is 32.3. The fraction of sp³-hybridized carbons (Fsp3) is 0.964. The molecule has 0 aliphatic rings. The van der Waals surface area contributed by atoms with Gasteiger partial charge in [0.2, 0.25) is 5.91 Å². The first-order valence-electron chi connectivity index (χ1n) is 42.5. The third kappa shape index (κ3) is 78.5. The fourth-order valence-corrected chi connectivity index (χ4v) is 14.4. The van der Waals surface area contributed by atoms with Crippen molar-refractivity contribution in [2.45, 2.75) is 482 Å². The molecule has 0 heterocycles. The maximum absolute atomic E-state index is 13.1. The number of rotatable bonds is 81. The Hall–Kier alpha value is -0.760. The molecule has 0 aliphatic heterocycles. The van der Waals surface area contributed by atoms with Crippen LogP contribution in [0.4, 0.5) is 0 Å². The second kappa shape index (κ2) is 75.4. The molecule has 0 saturated carbocycles. The third-order valence-electron chi connectivity index (χ3n) is 20.3. The Kier molecular flexibility index (Phi) is 74.8. The Morgan fingerprint density at radius 1 is 0.366 bits per heavy atom. The van der Waals surface area contributed by atoms with Gasteiger partial charge >= 0.3 is 0 Å². The monoisotopic (exact) mass is 1330 g/mol. The summed E-state index contributed by atoms with van der Waals surface area (Å²) in [4.78, 5) is 25.8. The summed E-state index contributed by atoms with van der Waals surface area (Å²) in [5, 5.41) is 14.2. The standard InChI is InChI=1S/C84H169N2O6P/c1-6-8-10-12-14-16-18-20-22-24-26-28-30-32-34-36-38-40-41-42-43-44-45-46-48-50-52-54-56-58-60-62-64-66-68-70-72-74-76-78-84(88)85-82(81-92-93(89,90)91-80-79-86(3,4)5)83(87)77-75-73-71-69-67-65-63-61-59-57-55-53-51-49-47-39-37-35-33-31-29-27-25-23-21-19-17-15-13-11-9-7-2/h24,26,82-83,87H,6-23,25,27-81H2,1-5H3,(H-,85,88,89,90)/b26-24-. The Labute approximate surface area is 583 Å². The van der Waals surface area contributed by atoms with Crippen LogP contribution >= 0.6 is 7.82 Å². The number of amides is 1. The lowest BCUT2D eigenvalue weighted by molar-refractivity contribution is -0.870. The van der Waals surface area contributed by atoms with Gasteiger partial charge in [-0.25, -0.2) is 0 Å². The molecule has 8 nitrogen and oxygen atoms in total. The SMILES string of the molecule is CCCCCCCCCC/C=C\CCCCCCCCCCCCCCCCCCCCCCCCCCCCCC(=O)NC(COP(=O)([O-])OCC[N+](C)(C)C)C(O)CCCCCCCCCCCCCCCCCCCCCCCCCCCCCCCCCC. The van der Waals surface area contributed by atoms with Crippen molar-refractivity contribution in [1.82, 2.24) is 5.32 Å². The van der Waals surface area contributed by atoms with Crippen LogP contribution in [0, 0.1) is 0 Å². The number of allylic oxidation sites excluding steroid dienone is 2. The average Bonchev–Trinajstić information content (AvgIpc) is 1.94. The van der Waals surface area contributed by atoms with Crippen molar-refractivity contribution >= 4 is 13.7 Å². The molecule has 556 valence electrons. The molecule has 0 bridgehead atoms. The molecular formula is C84H169N2O6P. The molecule has 9 heteroatoms. The van der Waals surface area contributed by atoms with Gasteiger partial charge in [-0.2, -0.15) is 0 Å². The van der Waals surface area contributed by atoms with Crippen LogP contribution in [0.3, 0.4) is 0 Å². The van der Waals surface area contributed by atoms with Crippen LogP contribution in [0.1, 0.15) is 470 Å². The molecular weight excluding hydrogens is 1160 g/mol. The van der Waals surface area contributed by atoms with E-state index in [0.717, 1.165) is 38.5 Å². The summed E-state index contributed by atoms with van der Waals surface area (Å²) in [5.41, 5.74) is 0. The summed E-state index contributed by atoms with van der Waals surface area (Å²) in [6, 6.07) is -0.799. The molecule has 0 aromatic rings. The normalized spacial score (nSPS) is 13.4. The minimum absolute atomic E-state index is 0.0165. The Balaban J connectivity index is 3.86. The van der Waals surface area contributed by atoms with E-state index >= 15 is 0 Å². The Morgan fingerprint density at radius 2 is 0.591 bits per heavy atom. The molecule has 0 saturated heterocycles. The topological polar surface area (TPSA) is 108 Å². The highest BCUT2D eigenvalue weighted by Gasteiger charge is 2.24. The van der Waals surface area contributed by atoms with Gasteiger partial charge in [-0.3, -0.25) is 9.36 Å². The van der Waals surface area contributed by atoms with Gasteiger partial charge in [-0.05, 0) is 38.5 Å². The van der Waals surface area contributed by atoms with Crippen LogP contribution < -0.4 is 10.2 Å². The summed E-state index contributed by atoms with van der Waals surface area (Å²) < 4.78 is 23.6. The lowest BCUT2D eigenvalue weighted by Gasteiger charge is -2.30. The summed E-state index contributed by atoms with van der Waals surface area (Å²) in [7, 11) is 1.33. The number of likely N-dealkylation sites (N-methyl/N-ethyl adjacent to an activating group) is 1. The maximum Gasteiger partial charge on any atom is 0.268 e. The van der Waals surface area contributed by atoms with Gasteiger partial charge in [0.1, 0.15) is 13.2 Å². The number of quaternary nitrogens is 1. The van der Waals surface area contributed by atoms with Crippen LogP contribution in [-0.4, -0.2) is 68.5 Å². The molecule has 0 aromatic carbocycles. The number of aliphatic hydroxyl groups is 1. The Bertz CT molecular complexity index is 1520. The second-order valence-electron chi connectivity index (χ2n) is 30.9. The highest BCUT2D eigenvalue weighted by molar-refractivity contribution is 7.45. The van der Waals surface area contributed by atoms with Gasteiger partial charge in [0, 0.05) is 6.42 Å². The van der Waals surface area contributed by atoms with Crippen LogP contribution in [0.5, 0.6) is 0 Å². The van der Waals surface area contributed by atoms with Gasteiger partial charge in [0.15, 0.2) is 0 Å². The Morgan fingerprint density at radius 3 is 0.839 bits per heavy atom. The van der Waals surface area contributed by atoms with E-state index < -0.39 is 20.0 Å². The molecule has 3 atom stereocenters. The van der Waals surface area contributed by atoms with Crippen molar-refractivity contribution in [3.63, 3.8) is 0 Å². The van der Waals surface area contributed by atoms with Crippen molar-refractivity contribution in [2.75, 3.05) is 40.9 Å². The quantitative estimate of drug-likeness (QED) is 0.0272. The predicted molar refractivity (Wildman–Crippen MR) is 409 cm³/mol. The van der Waals surface area contributed by atoms with Gasteiger partial charge < -0.3 is 28.8 Å². The highest BCUT2D eigenvalue weighted by atomic mass is 31.2. The lowest BCUT2D eigenvalue weighted by atomic mass is 10.0. The molecule has 1 amide bonds. The molecule has 0 spiro atoms. The number of nitrogens with zero attached hydrogens (tertiary/aromatic N) is 1. The molecule has 0 aliphatic carbocycles. The van der Waals surface area contributed by atoms with Gasteiger partial charge in [0.05, 0.1) is 39.9 Å². The van der Waals surface area contributed by atoms with Crippen molar-refractivity contribution in [1.29, 1.82) is 0 Å². The van der Waals surface area contributed by atoms with E-state index in [1.165, 1.54) is 405 Å². The number of hydrogen-bond acceptors (Lipinski definition) is 6. The number of phosphoric ester groups is 1. The molecule has 2 N–H and O–H groups in total. The minimum Gasteiger partial charge on any atom is -0.756 e. The minimum atomic E-state index is -4.58. The number of nitrogens with one attached hydrogen (secondary N) is 1. The number of carbonyl (C=O) groups excluding carboxylic acids is 1. The van der Waals surface area contributed by atoms with Crippen molar-refractivity contribution in [2.24, 2.45) is 0 Å². The van der Waals surface area contributed by atoms with E-state index in [4.69, 9.17) is 9.05 Å². The van der Waals surface area contributed by atoms with Gasteiger partial charge in [0.25, 0.3) is 7.82 Å². The number of unbranched alkanes of at least 4 members (excludes halogenated alkanes) is 66. The number of carbonyl (C=O) groups is 1. The van der Waals surface area contributed by atoms with Gasteiger partial charge in [-0.1, -0.05) is 437 Å². The number of aliphatic hydroxyl groups excluding tert-OH is 1.